The molecule has 0 aromatic carbocycles. The van der Waals surface area contributed by atoms with Gasteiger partial charge in [0.2, 0.25) is 0 Å². The van der Waals surface area contributed by atoms with Crippen molar-refractivity contribution in [1.29, 1.82) is 0 Å². The SMILES string of the molecule is CCCCCCCCCSC1=C(SCCCCCCCCC)SC(=C2SC(SCCCCCCCCC)=C(SCCCCCCCCC)S2)S1. The lowest BCUT2D eigenvalue weighted by Gasteiger charge is -2.06. The number of hydrogen-bond acceptors (Lipinski definition) is 8. The van der Waals surface area contributed by atoms with Crippen LogP contribution in [-0.4, -0.2) is 23.0 Å². The Morgan fingerprint density at radius 2 is 0.440 bits per heavy atom. The molecule has 0 atom stereocenters. The van der Waals surface area contributed by atoms with Crippen LogP contribution < -0.4 is 0 Å². The van der Waals surface area contributed by atoms with Crippen molar-refractivity contribution in [3.63, 3.8) is 0 Å². The Morgan fingerprint density at radius 1 is 0.260 bits per heavy atom. The normalized spacial score (nSPS) is 15.1. The molecule has 8 heteroatoms. The zero-order valence-electron chi connectivity index (χ0n) is 32.9. The highest BCUT2D eigenvalue weighted by atomic mass is 32.3. The van der Waals surface area contributed by atoms with Crippen molar-refractivity contribution in [2.45, 2.75) is 207 Å². The molecule has 0 unspecified atom stereocenters. The Labute approximate surface area is 347 Å². The van der Waals surface area contributed by atoms with Gasteiger partial charge in [-0.25, -0.2) is 0 Å². The van der Waals surface area contributed by atoms with Gasteiger partial charge in [0.1, 0.15) is 0 Å². The molecule has 0 saturated carbocycles. The highest BCUT2D eigenvalue weighted by Crippen LogP contribution is 2.66. The molecule has 0 amide bonds. The van der Waals surface area contributed by atoms with E-state index in [1.807, 2.05) is 0 Å². The van der Waals surface area contributed by atoms with E-state index in [0.717, 1.165) is 0 Å². The van der Waals surface area contributed by atoms with Crippen LogP contribution in [0.1, 0.15) is 207 Å². The van der Waals surface area contributed by atoms with Gasteiger partial charge < -0.3 is 0 Å². The first-order valence-corrected chi connectivity index (χ1v) is 28.4. The van der Waals surface area contributed by atoms with E-state index in [1.54, 1.807) is 25.4 Å². The number of unbranched alkanes of at least 4 members (excludes halogenated alkanes) is 24. The number of thioether (sulfide) groups is 8. The molecule has 0 nitrogen and oxygen atoms in total. The fraction of sp³-hybridized carbons (Fsp3) is 0.857. The lowest BCUT2D eigenvalue weighted by atomic mass is 10.1. The molecule has 0 aromatic heterocycles. The molecule has 2 aliphatic rings. The third kappa shape index (κ3) is 24.5. The lowest BCUT2D eigenvalue weighted by Crippen LogP contribution is -1.85. The number of hydrogen-bond donors (Lipinski definition) is 0. The maximum Gasteiger partial charge on any atom is 0.0717 e. The molecule has 50 heavy (non-hydrogen) atoms. The largest absolute Gasteiger partial charge is 0.117 e. The van der Waals surface area contributed by atoms with Crippen molar-refractivity contribution in [2.75, 3.05) is 23.0 Å². The molecule has 2 aliphatic heterocycles. The zero-order valence-corrected chi connectivity index (χ0v) is 39.4. The summed E-state index contributed by atoms with van der Waals surface area (Å²) in [6.45, 7) is 9.28. The summed E-state index contributed by atoms with van der Waals surface area (Å²) in [7, 11) is 0. The van der Waals surface area contributed by atoms with Crippen molar-refractivity contribution in [3.05, 3.63) is 25.4 Å². The first-order valence-electron chi connectivity index (χ1n) is 21.2. The van der Waals surface area contributed by atoms with Gasteiger partial charge in [-0.1, -0.05) is 229 Å². The second kappa shape index (κ2) is 35.4. The third-order valence-electron chi connectivity index (χ3n) is 9.17. The van der Waals surface area contributed by atoms with Gasteiger partial charge in [0, 0.05) is 0 Å². The monoisotopic (exact) mass is 836 g/mol. The second-order valence-electron chi connectivity index (χ2n) is 14.0. The molecular formula is C42H76S8. The predicted molar refractivity (Wildman–Crippen MR) is 253 cm³/mol. The third-order valence-corrected chi connectivity index (χ3v) is 21.1. The van der Waals surface area contributed by atoms with Crippen LogP contribution in [0.3, 0.4) is 0 Å². The summed E-state index contributed by atoms with van der Waals surface area (Å²) in [6, 6.07) is 0. The van der Waals surface area contributed by atoms with Gasteiger partial charge in [0.05, 0.1) is 25.4 Å². The van der Waals surface area contributed by atoms with E-state index in [1.165, 1.54) is 203 Å². The molecule has 0 fully saturated rings. The first kappa shape index (κ1) is 48.2. The number of rotatable bonds is 36. The summed E-state index contributed by atoms with van der Waals surface area (Å²) in [6.07, 6.45) is 39.3. The highest BCUT2D eigenvalue weighted by molar-refractivity contribution is 8.45. The minimum atomic E-state index is 1.29. The van der Waals surface area contributed by atoms with Crippen LogP contribution in [0.5, 0.6) is 0 Å². The second-order valence-corrected chi connectivity index (χ2v) is 24.1. The topological polar surface area (TPSA) is 0 Å². The minimum Gasteiger partial charge on any atom is -0.117 e. The van der Waals surface area contributed by atoms with Crippen LogP contribution in [0.2, 0.25) is 0 Å². The molecule has 292 valence electrons. The van der Waals surface area contributed by atoms with E-state index in [-0.39, 0.29) is 0 Å². The maximum atomic E-state index is 2.32. The Morgan fingerprint density at radius 3 is 0.640 bits per heavy atom. The molecule has 0 saturated heterocycles. The summed E-state index contributed by atoms with van der Waals surface area (Å²) >= 11 is 17.2. The summed E-state index contributed by atoms with van der Waals surface area (Å²) < 4.78 is 9.67. The summed E-state index contributed by atoms with van der Waals surface area (Å²) in [5.74, 6) is 5.16. The Bertz CT molecular complexity index is 771. The molecule has 0 spiro atoms. The summed E-state index contributed by atoms with van der Waals surface area (Å²) in [5, 5.41) is 0. The van der Waals surface area contributed by atoms with Crippen LogP contribution in [0, 0.1) is 0 Å². The van der Waals surface area contributed by atoms with Crippen molar-refractivity contribution < 1.29 is 0 Å². The smallest absolute Gasteiger partial charge is 0.0717 e. The molecule has 2 rings (SSSR count). The zero-order chi connectivity index (χ0) is 35.7. The van der Waals surface area contributed by atoms with E-state index in [4.69, 9.17) is 0 Å². The van der Waals surface area contributed by atoms with Gasteiger partial charge in [-0.2, -0.15) is 0 Å². The van der Waals surface area contributed by atoms with E-state index in [2.05, 4.69) is 122 Å². The average molecular weight is 838 g/mol. The fourth-order valence-electron chi connectivity index (χ4n) is 5.96. The van der Waals surface area contributed by atoms with Crippen LogP contribution >= 0.6 is 94.1 Å². The molecule has 0 N–H and O–H groups in total. The van der Waals surface area contributed by atoms with E-state index >= 15 is 0 Å². The van der Waals surface area contributed by atoms with E-state index < -0.39 is 0 Å². The fourth-order valence-corrected chi connectivity index (χ4v) is 18.2. The lowest BCUT2D eigenvalue weighted by molar-refractivity contribution is 0.603. The Hall–Kier alpha value is 2.02. The Kier molecular flexibility index (Phi) is 34.1. The van der Waals surface area contributed by atoms with Gasteiger partial charge in [0.15, 0.2) is 0 Å². The van der Waals surface area contributed by atoms with Crippen LogP contribution in [-0.2, 0) is 0 Å². The summed E-state index contributed by atoms with van der Waals surface area (Å²) in [5.41, 5.74) is 0. The van der Waals surface area contributed by atoms with Gasteiger partial charge in [-0.05, 0) is 48.7 Å². The van der Waals surface area contributed by atoms with Gasteiger partial charge in [0.25, 0.3) is 0 Å². The van der Waals surface area contributed by atoms with E-state index in [0.29, 0.717) is 0 Å². The first-order chi connectivity index (χ1) is 24.7. The highest BCUT2D eigenvalue weighted by Gasteiger charge is 2.30. The average Bonchev–Trinajstić information content (AvgIpc) is 3.73. The summed E-state index contributed by atoms with van der Waals surface area (Å²) in [4.78, 5) is 0. The van der Waals surface area contributed by atoms with Crippen molar-refractivity contribution in [1.82, 2.24) is 0 Å². The van der Waals surface area contributed by atoms with Crippen molar-refractivity contribution in [2.24, 2.45) is 0 Å². The quantitative estimate of drug-likeness (QED) is 0.0565. The molecule has 2 heterocycles. The van der Waals surface area contributed by atoms with Crippen LogP contribution in [0.4, 0.5) is 0 Å². The maximum absolute atomic E-state index is 2.32. The van der Waals surface area contributed by atoms with Crippen LogP contribution in [0.15, 0.2) is 25.4 Å². The molecule has 0 radical (unpaired) electrons. The van der Waals surface area contributed by atoms with Gasteiger partial charge in [-0.3, -0.25) is 0 Å². The van der Waals surface area contributed by atoms with E-state index in [9.17, 15) is 0 Å². The molecule has 0 aromatic rings. The molecular weight excluding hydrogens is 761 g/mol. The van der Waals surface area contributed by atoms with Gasteiger partial charge >= 0.3 is 0 Å². The Balaban J connectivity index is 1.94. The molecule has 0 bridgehead atoms. The minimum absolute atomic E-state index is 1.29. The van der Waals surface area contributed by atoms with Gasteiger partial charge in [-0.15, -0.1) is 47.0 Å². The standard InChI is InChI=1S/C42H76S8/c1-5-9-13-17-21-25-29-33-43-37-38(44-34-30-26-22-18-14-10-6-2)48-41(47-37)42-49-39(45-35-31-27-23-19-15-11-7-3)40(50-42)46-36-32-28-24-20-16-12-8-4/h5-36H2,1-4H3. The predicted octanol–water partition coefficient (Wildman–Crippen LogP) is 19.3. The van der Waals surface area contributed by atoms with Crippen LogP contribution in [0.25, 0.3) is 0 Å². The van der Waals surface area contributed by atoms with Crippen molar-refractivity contribution in [3.8, 4) is 0 Å². The van der Waals surface area contributed by atoms with Crippen molar-refractivity contribution >= 4 is 94.1 Å². The molecule has 0 aliphatic carbocycles.